The topological polar surface area (TPSA) is 66.3 Å². The lowest BCUT2D eigenvalue weighted by atomic mass is 9.99. The number of ether oxygens (including phenoxy) is 2. The summed E-state index contributed by atoms with van der Waals surface area (Å²) >= 11 is 0. The summed E-state index contributed by atoms with van der Waals surface area (Å²) in [7, 11) is 1.62. The average Bonchev–Trinajstić information content (AvgIpc) is 3.26. The molecule has 1 heterocycles. The molecule has 2 aromatic rings. The van der Waals surface area contributed by atoms with Crippen molar-refractivity contribution in [3.63, 3.8) is 0 Å². The number of hydrogen-bond acceptors (Lipinski definition) is 4. The fourth-order valence-corrected chi connectivity index (χ4v) is 3.63. The van der Waals surface area contributed by atoms with Crippen LogP contribution in [0.25, 0.3) is 0 Å². The van der Waals surface area contributed by atoms with Crippen molar-refractivity contribution in [3.8, 4) is 11.5 Å². The third-order valence-corrected chi connectivity index (χ3v) is 5.08. The zero-order valence-electron chi connectivity index (χ0n) is 17.7. The molecule has 30 heavy (non-hydrogen) atoms. The maximum absolute atomic E-state index is 8.94. The quantitative estimate of drug-likeness (QED) is 0.313. The van der Waals surface area contributed by atoms with Crippen molar-refractivity contribution < 1.29 is 14.6 Å². The SMILES string of the molecule is CCNC(=NCc1ccc(OCCO)c(OC)c1)N1CCC(c2ccccc2)C1.I. The zero-order chi connectivity index (χ0) is 20.5. The average molecular weight is 525 g/mol. The monoisotopic (exact) mass is 525 g/mol. The van der Waals surface area contributed by atoms with E-state index >= 15 is 0 Å². The van der Waals surface area contributed by atoms with Crippen molar-refractivity contribution in [3.05, 3.63) is 59.7 Å². The van der Waals surface area contributed by atoms with Gasteiger partial charge in [0.25, 0.3) is 0 Å². The van der Waals surface area contributed by atoms with Gasteiger partial charge >= 0.3 is 0 Å². The van der Waals surface area contributed by atoms with E-state index < -0.39 is 0 Å². The van der Waals surface area contributed by atoms with E-state index in [1.54, 1.807) is 7.11 Å². The summed E-state index contributed by atoms with van der Waals surface area (Å²) in [6.45, 7) is 5.69. The Morgan fingerprint density at radius 1 is 1.20 bits per heavy atom. The number of nitrogens with zero attached hydrogens (tertiary/aromatic N) is 2. The van der Waals surface area contributed by atoms with Gasteiger partial charge in [0.05, 0.1) is 20.3 Å². The van der Waals surface area contributed by atoms with E-state index in [1.165, 1.54) is 5.56 Å². The number of benzene rings is 2. The Bertz CT molecular complexity index is 802. The number of guanidine groups is 1. The highest BCUT2D eigenvalue weighted by Gasteiger charge is 2.25. The molecule has 3 rings (SSSR count). The normalized spacial score (nSPS) is 16.2. The fraction of sp³-hybridized carbons (Fsp3) is 0.435. The third-order valence-electron chi connectivity index (χ3n) is 5.08. The van der Waals surface area contributed by atoms with Gasteiger partial charge in [-0.25, -0.2) is 4.99 Å². The highest BCUT2D eigenvalue weighted by atomic mass is 127. The maximum Gasteiger partial charge on any atom is 0.194 e. The van der Waals surface area contributed by atoms with Crippen LogP contribution in [0.5, 0.6) is 11.5 Å². The predicted molar refractivity (Wildman–Crippen MR) is 131 cm³/mol. The van der Waals surface area contributed by atoms with Crippen LogP contribution in [-0.4, -0.2) is 55.9 Å². The van der Waals surface area contributed by atoms with Crippen molar-refractivity contribution in [2.75, 3.05) is 40.0 Å². The van der Waals surface area contributed by atoms with Gasteiger partial charge in [0, 0.05) is 25.6 Å². The van der Waals surface area contributed by atoms with E-state index in [9.17, 15) is 0 Å². The van der Waals surface area contributed by atoms with Crippen molar-refractivity contribution in [1.82, 2.24) is 10.2 Å². The Kier molecular flexibility index (Phi) is 10.2. The predicted octanol–water partition coefficient (Wildman–Crippen LogP) is 3.64. The van der Waals surface area contributed by atoms with Crippen LogP contribution in [-0.2, 0) is 6.54 Å². The number of methoxy groups -OCH3 is 1. The van der Waals surface area contributed by atoms with Crippen molar-refractivity contribution in [2.24, 2.45) is 4.99 Å². The second-order valence-corrected chi connectivity index (χ2v) is 7.07. The summed E-state index contributed by atoms with van der Waals surface area (Å²) < 4.78 is 10.9. The van der Waals surface area contributed by atoms with Gasteiger partial charge in [0.15, 0.2) is 17.5 Å². The van der Waals surface area contributed by atoms with Crippen LogP contribution in [0, 0.1) is 0 Å². The van der Waals surface area contributed by atoms with Crippen LogP contribution in [0.3, 0.4) is 0 Å². The molecule has 0 saturated carbocycles. The van der Waals surface area contributed by atoms with Gasteiger partial charge in [-0.3, -0.25) is 0 Å². The highest BCUT2D eigenvalue weighted by Crippen LogP contribution is 2.29. The molecule has 1 aliphatic heterocycles. The first kappa shape index (κ1) is 24.3. The van der Waals surface area contributed by atoms with Gasteiger partial charge < -0.3 is 24.8 Å². The molecule has 1 atom stereocenters. The van der Waals surface area contributed by atoms with Crippen molar-refractivity contribution >= 4 is 29.9 Å². The molecule has 0 bridgehead atoms. The first-order valence-electron chi connectivity index (χ1n) is 10.2. The summed E-state index contributed by atoms with van der Waals surface area (Å²) in [5.74, 6) is 2.78. The lowest BCUT2D eigenvalue weighted by molar-refractivity contribution is 0.196. The van der Waals surface area contributed by atoms with Crippen LogP contribution < -0.4 is 14.8 Å². The van der Waals surface area contributed by atoms with E-state index in [1.807, 2.05) is 18.2 Å². The molecule has 2 N–H and O–H groups in total. The maximum atomic E-state index is 8.94. The first-order chi connectivity index (χ1) is 14.2. The van der Waals surface area contributed by atoms with Crippen LogP contribution in [0.1, 0.15) is 30.4 Å². The van der Waals surface area contributed by atoms with Gasteiger partial charge in [-0.15, -0.1) is 24.0 Å². The Morgan fingerprint density at radius 2 is 2.00 bits per heavy atom. The molecule has 2 aromatic carbocycles. The van der Waals surface area contributed by atoms with Crippen LogP contribution in [0.2, 0.25) is 0 Å². The largest absolute Gasteiger partial charge is 0.493 e. The number of likely N-dealkylation sites (tertiary alicyclic amines) is 1. The van der Waals surface area contributed by atoms with Crippen LogP contribution in [0.4, 0.5) is 0 Å². The molecule has 7 heteroatoms. The smallest absolute Gasteiger partial charge is 0.194 e. The number of aliphatic hydroxyl groups excluding tert-OH is 1. The van der Waals surface area contributed by atoms with Crippen LogP contribution in [0.15, 0.2) is 53.5 Å². The lowest BCUT2D eigenvalue weighted by Gasteiger charge is -2.22. The Morgan fingerprint density at radius 3 is 2.70 bits per heavy atom. The highest BCUT2D eigenvalue weighted by molar-refractivity contribution is 14.0. The molecule has 0 spiro atoms. The number of rotatable bonds is 8. The Balaban J connectivity index is 0.00000320. The minimum atomic E-state index is -0.0267. The summed E-state index contributed by atoms with van der Waals surface area (Å²) in [5.41, 5.74) is 2.45. The molecular formula is C23H32IN3O3. The molecule has 164 valence electrons. The van der Waals surface area contributed by atoms with Gasteiger partial charge in [0.2, 0.25) is 0 Å². The van der Waals surface area contributed by atoms with Gasteiger partial charge in [0.1, 0.15) is 6.61 Å². The number of nitrogens with one attached hydrogen (secondary N) is 1. The van der Waals surface area contributed by atoms with E-state index in [0.29, 0.717) is 24.0 Å². The number of aliphatic hydroxyl groups is 1. The van der Waals surface area contributed by atoms with E-state index in [0.717, 1.165) is 37.6 Å². The summed E-state index contributed by atoms with van der Waals surface area (Å²) in [4.78, 5) is 7.20. The Hall–Kier alpha value is -2.00. The number of aliphatic imine (C=N–C) groups is 1. The minimum absolute atomic E-state index is 0. The van der Waals surface area contributed by atoms with Crippen molar-refractivity contribution in [2.45, 2.75) is 25.8 Å². The molecule has 6 nitrogen and oxygen atoms in total. The fourth-order valence-electron chi connectivity index (χ4n) is 3.63. The molecular weight excluding hydrogens is 493 g/mol. The molecule has 1 aliphatic rings. The van der Waals surface area contributed by atoms with Crippen LogP contribution >= 0.6 is 24.0 Å². The first-order valence-corrected chi connectivity index (χ1v) is 10.2. The van der Waals surface area contributed by atoms with E-state index in [2.05, 4.69) is 47.5 Å². The summed E-state index contributed by atoms with van der Waals surface area (Å²) in [6.07, 6.45) is 1.14. The lowest BCUT2D eigenvalue weighted by Crippen LogP contribution is -2.40. The van der Waals surface area contributed by atoms with E-state index in [4.69, 9.17) is 19.6 Å². The second-order valence-electron chi connectivity index (χ2n) is 7.07. The second kappa shape index (κ2) is 12.6. The molecule has 0 amide bonds. The molecule has 1 fully saturated rings. The van der Waals surface area contributed by atoms with Gasteiger partial charge in [-0.1, -0.05) is 36.4 Å². The standard InChI is InChI=1S/C23H31N3O3.HI/c1-3-24-23(26-12-11-20(17-26)19-7-5-4-6-8-19)25-16-18-9-10-21(29-14-13-27)22(15-18)28-2;/h4-10,15,20,27H,3,11-14,16-17H2,1-2H3,(H,24,25);1H. The summed E-state index contributed by atoms with van der Waals surface area (Å²) in [5, 5.41) is 12.4. The zero-order valence-corrected chi connectivity index (χ0v) is 20.0. The van der Waals surface area contributed by atoms with Crippen molar-refractivity contribution in [1.29, 1.82) is 0 Å². The van der Waals surface area contributed by atoms with Gasteiger partial charge in [-0.2, -0.15) is 0 Å². The number of hydrogen-bond donors (Lipinski definition) is 2. The summed E-state index contributed by atoms with van der Waals surface area (Å²) in [6, 6.07) is 16.5. The number of halogens is 1. The molecule has 0 aromatic heterocycles. The van der Waals surface area contributed by atoms with E-state index in [-0.39, 0.29) is 37.2 Å². The molecule has 0 radical (unpaired) electrons. The molecule has 1 saturated heterocycles. The Labute approximate surface area is 196 Å². The third kappa shape index (κ3) is 6.50. The van der Waals surface area contributed by atoms with Gasteiger partial charge in [-0.05, 0) is 36.6 Å². The molecule has 0 aliphatic carbocycles. The minimum Gasteiger partial charge on any atom is -0.493 e. The molecule has 1 unspecified atom stereocenters.